The molecule has 0 bridgehead atoms. The van der Waals surface area contributed by atoms with E-state index in [1.54, 1.807) is 12.4 Å². The normalized spacial score (nSPS) is 10.4. The van der Waals surface area contributed by atoms with Crippen LogP contribution in [0.25, 0.3) is 10.9 Å². The van der Waals surface area contributed by atoms with Crippen molar-refractivity contribution in [2.75, 3.05) is 0 Å². The summed E-state index contributed by atoms with van der Waals surface area (Å²) in [5.41, 5.74) is 0.634. The van der Waals surface area contributed by atoms with Crippen LogP contribution < -0.4 is 0 Å². The standard InChI is InChI=1S/C6H5N3O/c10-5-3-7-1-4-2-8-9-6(4)5/h1-3,10H,(H,8,9). The average molecular weight is 135 g/mol. The fourth-order valence-electron chi connectivity index (χ4n) is 0.851. The van der Waals surface area contributed by atoms with E-state index in [4.69, 9.17) is 5.11 Å². The molecule has 0 saturated heterocycles. The summed E-state index contributed by atoms with van der Waals surface area (Å²) in [4.78, 5) is 3.77. The van der Waals surface area contributed by atoms with Crippen molar-refractivity contribution in [1.82, 2.24) is 15.2 Å². The van der Waals surface area contributed by atoms with E-state index in [1.807, 2.05) is 0 Å². The molecule has 0 amide bonds. The average Bonchev–Trinajstić information content (AvgIpc) is 2.36. The third-order valence-electron chi connectivity index (χ3n) is 1.34. The predicted molar refractivity (Wildman–Crippen MR) is 35.6 cm³/mol. The number of hydrogen-bond acceptors (Lipinski definition) is 3. The zero-order chi connectivity index (χ0) is 6.97. The molecule has 0 atom stereocenters. The van der Waals surface area contributed by atoms with E-state index in [2.05, 4.69) is 15.2 Å². The number of H-pyrrole nitrogens is 1. The van der Waals surface area contributed by atoms with Crippen molar-refractivity contribution in [2.24, 2.45) is 0 Å². The van der Waals surface area contributed by atoms with Crippen molar-refractivity contribution >= 4 is 10.9 Å². The molecule has 0 aliphatic carbocycles. The maximum absolute atomic E-state index is 9.13. The second-order valence-electron chi connectivity index (χ2n) is 1.99. The zero-order valence-electron chi connectivity index (χ0n) is 5.07. The van der Waals surface area contributed by atoms with Gasteiger partial charge in [-0.05, 0) is 0 Å². The molecule has 2 rings (SSSR count). The van der Waals surface area contributed by atoms with Gasteiger partial charge in [0, 0.05) is 11.6 Å². The van der Waals surface area contributed by atoms with Crippen LogP contribution in [0.2, 0.25) is 0 Å². The summed E-state index contributed by atoms with van der Waals surface area (Å²) in [5, 5.41) is 16.3. The summed E-state index contributed by atoms with van der Waals surface area (Å²) < 4.78 is 0. The van der Waals surface area contributed by atoms with Crippen molar-refractivity contribution in [3.63, 3.8) is 0 Å². The molecular formula is C6H5N3O. The third kappa shape index (κ3) is 0.556. The van der Waals surface area contributed by atoms with Gasteiger partial charge in [0.2, 0.25) is 0 Å². The highest BCUT2D eigenvalue weighted by molar-refractivity contribution is 5.82. The molecule has 2 heterocycles. The molecule has 2 aromatic heterocycles. The van der Waals surface area contributed by atoms with Crippen LogP contribution >= 0.6 is 0 Å². The van der Waals surface area contributed by atoms with Crippen molar-refractivity contribution in [3.8, 4) is 5.75 Å². The summed E-state index contributed by atoms with van der Waals surface area (Å²) >= 11 is 0. The van der Waals surface area contributed by atoms with Crippen molar-refractivity contribution < 1.29 is 5.11 Å². The molecule has 0 aliphatic rings. The van der Waals surface area contributed by atoms with Crippen LogP contribution in [-0.2, 0) is 0 Å². The van der Waals surface area contributed by atoms with Crippen molar-refractivity contribution in [3.05, 3.63) is 18.6 Å². The van der Waals surface area contributed by atoms with Crippen LogP contribution in [0.15, 0.2) is 18.6 Å². The molecule has 0 aliphatic heterocycles. The van der Waals surface area contributed by atoms with Crippen LogP contribution in [0.3, 0.4) is 0 Å². The Kier molecular flexibility index (Phi) is 0.887. The SMILES string of the molecule is Oc1cncc2cn[nH]c12. The molecule has 0 unspecified atom stereocenters. The lowest BCUT2D eigenvalue weighted by Gasteiger charge is -1.89. The molecular weight excluding hydrogens is 130 g/mol. The van der Waals surface area contributed by atoms with E-state index in [-0.39, 0.29) is 5.75 Å². The molecule has 0 saturated carbocycles. The summed E-state index contributed by atoms with van der Waals surface area (Å²) in [7, 11) is 0. The molecule has 50 valence electrons. The molecule has 0 aromatic carbocycles. The van der Waals surface area contributed by atoms with Gasteiger partial charge in [0.05, 0.1) is 12.4 Å². The van der Waals surface area contributed by atoms with Gasteiger partial charge in [-0.2, -0.15) is 5.10 Å². The van der Waals surface area contributed by atoms with Crippen LogP contribution in [0.5, 0.6) is 5.75 Å². The van der Waals surface area contributed by atoms with Gasteiger partial charge in [-0.3, -0.25) is 10.1 Å². The first kappa shape index (κ1) is 5.22. The quantitative estimate of drug-likeness (QED) is 0.557. The van der Waals surface area contributed by atoms with E-state index < -0.39 is 0 Å². The minimum atomic E-state index is 0.134. The van der Waals surface area contributed by atoms with E-state index >= 15 is 0 Å². The first-order chi connectivity index (χ1) is 4.88. The smallest absolute Gasteiger partial charge is 0.159 e. The Hall–Kier alpha value is -1.58. The first-order valence-electron chi connectivity index (χ1n) is 2.84. The first-order valence-corrected chi connectivity index (χ1v) is 2.84. The van der Waals surface area contributed by atoms with E-state index in [1.165, 1.54) is 6.20 Å². The highest BCUT2D eigenvalue weighted by Crippen LogP contribution is 2.18. The van der Waals surface area contributed by atoms with Crippen LogP contribution in [-0.4, -0.2) is 20.3 Å². The lowest BCUT2D eigenvalue weighted by atomic mass is 10.3. The summed E-state index contributed by atoms with van der Waals surface area (Å²) in [6.07, 6.45) is 4.63. The second-order valence-corrected chi connectivity index (χ2v) is 1.99. The number of nitrogens with one attached hydrogen (secondary N) is 1. The lowest BCUT2D eigenvalue weighted by molar-refractivity contribution is 0.478. The monoisotopic (exact) mass is 135 g/mol. The highest BCUT2D eigenvalue weighted by atomic mass is 16.3. The van der Waals surface area contributed by atoms with Gasteiger partial charge in [-0.15, -0.1) is 0 Å². The largest absolute Gasteiger partial charge is 0.504 e. The van der Waals surface area contributed by atoms with Crippen LogP contribution in [0, 0.1) is 0 Å². The number of aromatic amines is 1. The number of hydrogen-bond donors (Lipinski definition) is 2. The Bertz CT molecular complexity index is 355. The van der Waals surface area contributed by atoms with E-state index in [9.17, 15) is 0 Å². The van der Waals surface area contributed by atoms with Gasteiger partial charge in [0.1, 0.15) is 5.52 Å². The summed E-state index contributed by atoms with van der Waals surface area (Å²) in [6, 6.07) is 0. The fraction of sp³-hybridized carbons (Fsp3) is 0. The molecule has 0 radical (unpaired) electrons. The van der Waals surface area contributed by atoms with Gasteiger partial charge >= 0.3 is 0 Å². The number of nitrogens with zero attached hydrogens (tertiary/aromatic N) is 2. The van der Waals surface area contributed by atoms with Crippen molar-refractivity contribution in [1.29, 1.82) is 0 Å². The fourth-order valence-corrected chi connectivity index (χ4v) is 0.851. The van der Waals surface area contributed by atoms with E-state index in [0.717, 1.165) is 5.39 Å². The Morgan fingerprint density at radius 1 is 1.30 bits per heavy atom. The number of pyridine rings is 1. The molecule has 4 nitrogen and oxygen atoms in total. The number of rotatable bonds is 0. The van der Waals surface area contributed by atoms with Crippen LogP contribution in [0.1, 0.15) is 0 Å². The minimum absolute atomic E-state index is 0.134. The molecule has 0 spiro atoms. The predicted octanol–water partition coefficient (Wildman–Crippen LogP) is 0.663. The molecule has 2 aromatic rings. The van der Waals surface area contributed by atoms with Crippen LogP contribution in [0.4, 0.5) is 0 Å². The highest BCUT2D eigenvalue weighted by Gasteiger charge is 1.98. The van der Waals surface area contributed by atoms with Gasteiger partial charge in [0.15, 0.2) is 5.75 Å². The number of fused-ring (bicyclic) bond motifs is 1. The summed E-state index contributed by atoms with van der Waals surface area (Å²) in [5.74, 6) is 0.134. The Labute approximate surface area is 56.5 Å². The molecule has 0 fully saturated rings. The molecule has 4 heteroatoms. The zero-order valence-corrected chi connectivity index (χ0v) is 5.07. The summed E-state index contributed by atoms with van der Waals surface area (Å²) in [6.45, 7) is 0. The van der Waals surface area contributed by atoms with Gasteiger partial charge in [0.25, 0.3) is 0 Å². The minimum Gasteiger partial charge on any atom is -0.504 e. The number of aromatic nitrogens is 3. The van der Waals surface area contributed by atoms with Crippen molar-refractivity contribution in [2.45, 2.75) is 0 Å². The molecule has 10 heavy (non-hydrogen) atoms. The Balaban J connectivity index is 2.95. The molecule has 2 N–H and O–H groups in total. The topological polar surface area (TPSA) is 61.8 Å². The Morgan fingerprint density at radius 2 is 2.20 bits per heavy atom. The van der Waals surface area contributed by atoms with Gasteiger partial charge < -0.3 is 5.11 Å². The third-order valence-corrected chi connectivity index (χ3v) is 1.34. The van der Waals surface area contributed by atoms with Gasteiger partial charge in [-0.1, -0.05) is 0 Å². The second kappa shape index (κ2) is 1.70. The Morgan fingerprint density at radius 3 is 3.00 bits per heavy atom. The maximum atomic E-state index is 9.13. The van der Waals surface area contributed by atoms with E-state index in [0.29, 0.717) is 5.52 Å². The van der Waals surface area contributed by atoms with Gasteiger partial charge in [-0.25, -0.2) is 0 Å². The maximum Gasteiger partial charge on any atom is 0.159 e. The lowest BCUT2D eigenvalue weighted by Crippen LogP contribution is -1.72. The number of aromatic hydroxyl groups is 1.